The van der Waals surface area contributed by atoms with E-state index in [1.165, 1.54) is 0 Å². The number of fused-ring (bicyclic) bond motifs is 1. The molecule has 1 atom stereocenters. The number of esters is 1. The first-order valence-electron chi connectivity index (χ1n) is 8.37. The van der Waals surface area contributed by atoms with Crippen LogP contribution in [-0.2, 0) is 4.79 Å². The van der Waals surface area contributed by atoms with Gasteiger partial charge in [0.25, 0.3) is 5.56 Å². The summed E-state index contributed by atoms with van der Waals surface area (Å²) in [4.78, 5) is 31.9. The summed E-state index contributed by atoms with van der Waals surface area (Å²) in [5, 5.41) is 4.59. The van der Waals surface area contributed by atoms with Crippen molar-refractivity contribution in [3.8, 4) is 11.6 Å². The van der Waals surface area contributed by atoms with Gasteiger partial charge in [0.15, 0.2) is 5.82 Å². The molecule has 132 valence electrons. The lowest BCUT2D eigenvalue weighted by atomic mass is 9.86. The third-order valence-corrected chi connectivity index (χ3v) is 4.67. The van der Waals surface area contributed by atoms with E-state index in [9.17, 15) is 9.59 Å². The average Bonchev–Trinajstić information content (AvgIpc) is 2.88. The van der Waals surface area contributed by atoms with Crippen molar-refractivity contribution in [1.29, 1.82) is 0 Å². The number of aromatic nitrogens is 4. The van der Waals surface area contributed by atoms with E-state index in [-0.39, 0.29) is 17.9 Å². The topological polar surface area (TPSA) is 89.9 Å². The lowest BCUT2D eigenvalue weighted by Gasteiger charge is -2.24. The van der Waals surface area contributed by atoms with Crippen LogP contribution in [0.4, 0.5) is 0 Å². The van der Waals surface area contributed by atoms with E-state index < -0.39 is 5.92 Å². The maximum atomic E-state index is 12.6. The molecule has 0 fully saturated rings. The van der Waals surface area contributed by atoms with Gasteiger partial charge < -0.3 is 9.72 Å². The zero-order valence-electron chi connectivity index (χ0n) is 14.7. The Morgan fingerprint density at radius 2 is 2.00 bits per heavy atom. The first-order valence-corrected chi connectivity index (χ1v) is 8.37. The molecule has 0 saturated carbocycles. The molecule has 1 N–H and O–H groups in total. The van der Waals surface area contributed by atoms with Crippen molar-refractivity contribution in [3.63, 3.8) is 0 Å². The van der Waals surface area contributed by atoms with Gasteiger partial charge in [0, 0.05) is 35.1 Å². The molecular formula is C19H18N4O3. The maximum absolute atomic E-state index is 12.6. The van der Waals surface area contributed by atoms with Crippen LogP contribution in [0.5, 0.6) is 5.75 Å². The van der Waals surface area contributed by atoms with Crippen LogP contribution in [0.25, 0.3) is 5.82 Å². The van der Waals surface area contributed by atoms with E-state index in [1.807, 2.05) is 32.0 Å². The summed E-state index contributed by atoms with van der Waals surface area (Å²) in [6.45, 7) is 5.56. The first kappa shape index (κ1) is 16.3. The molecule has 0 bridgehead atoms. The fourth-order valence-electron chi connectivity index (χ4n) is 3.62. The number of ether oxygens (including phenoxy) is 1. The zero-order valence-corrected chi connectivity index (χ0v) is 14.7. The zero-order chi connectivity index (χ0) is 18.4. The standard InChI is InChI=1S/C19H18N4O3/c1-10-8-14-18(19(25)21-10)13(9-16(24)26-14)17-11(2)22-23(12(17)3)15-6-4-5-7-20-15/h4-8,13H,9H2,1-3H3,(H,21,25)/t13-/m0/s1. The van der Waals surface area contributed by atoms with Crippen molar-refractivity contribution >= 4 is 5.97 Å². The first-order chi connectivity index (χ1) is 12.5. The van der Waals surface area contributed by atoms with Crippen LogP contribution in [0.15, 0.2) is 35.3 Å². The Balaban J connectivity index is 1.92. The number of hydrogen-bond acceptors (Lipinski definition) is 5. The number of aromatic amines is 1. The number of aryl methyl sites for hydroxylation is 2. The molecule has 0 aliphatic carbocycles. The minimum atomic E-state index is -0.395. The Morgan fingerprint density at radius 3 is 2.73 bits per heavy atom. The molecule has 0 amide bonds. The van der Waals surface area contributed by atoms with Gasteiger partial charge in [0.1, 0.15) is 5.75 Å². The van der Waals surface area contributed by atoms with Gasteiger partial charge >= 0.3 is 5.97 Å². The highest BCUT2D eigenvalue weighted by Crippen LogP contribution is 2.39. The van der Waals surface area contributed by atoms with E-state index >= 15 is 0 Å². The molecule has 3 aromatic heterocycles. The van der Waals surface area contributed by atoms with E-state index in [0.717, 1.165) is 17.0 Å². The second kappa shape index (κ2) is 5.94. The highest BCUT2D eigenvalue weighted by molar-refractivity contribution is 5.77. The number of hydrogen-bond donors (Lipinski definition) is 1. The van der Waals surface area contributed by atoms with Crippen LogP contribution < -0.4 is 10.3 Å². The highest BCUT2D eigenvalue weighted by atomic mass is 16.5. The van der Waals surface area contributed by atoms with E-state index in [2.05, 4.69) is 15.1 Å². The van der Waals surface area contributed by atoms with Crippen molar-refractivity contribution in [1.82, 2.24) is 19.7 Å². The Bertz CT molecular complexity index is 1070. The number of nitrogens with one attached hydrogen (secondary N) is 1. The second-order valence-electron chi connectivity index (χ2n) is 6.47. The number of nitrogens with zero attached hydrogens (tertiary/aromatic N) is 3. The number of carbonyl (C=O) groups excluding carboxylic acids is 1. The lowest BCUT2D eigenvalue weighted by molar-refractivity contribution is -0.135. The van der Waals surface area contributed by atoms with Crippen molar-refractivity contribution in [2.75, 3.05) is 0 Å². The Morgan fingerprint density at radius 1 is 1.19 bits per heavy atom. The fourth-order valence-corrected chi connectivity index (χ4v) is 3.62. The molecule has 4 rings (SSSR count). The van der Waals surface area contributed by atoms with Crippen LogP contribution in [0, 0.1) is 20.8 Å². The van der Waals surface area contributed by atoms with Gasteiger partial charge in [-0.1, -0.05) is 6.07 Å². The number of pyridine rings is 2. The Labute approximate surface area is 149 Å². The Kier molecular flexibility index (Phi) is 3.72. The van der Waals surface area contributed by atoms with E-state index in [4.69, 9.17) is 4.74 Å². The fraction of sp³-hybridized carbons (Fsp3) is 0.263. The van der Waals surface area contributed by atoms with Crippen molar-refractivity contribution in [2.24, 2.45) is 0 Å². The van der Waals surface area contributed by atoms with Gasteiger partial charge in [-0.2, -0.15) is 5.10 Å². The van der Waals surface area contributed by atoms with Gasteiger partial charge in [0.2, 0.25) is 0 Å². The van der Waals surface area contributed by atoms with Gasteiger partial charge in [-0.05, 0) is 32.9 Å². The quantitative estimate of drug-likeness (QED) is 0.717. The van der Waals surface area contributed by atoms with E-state index in [0.29, 0.717) is 22.8 Å². The minimum Gasteiger partial charge on any atom is -0.426 e. The monoisotopic (exact) mass is 350 g/mol. The molecule has 4 heterocycles. The molecule has 0 spiro atoms. The largest absolute Gasteiger partial charge is 0.426 e. The lowest BCUT2D eigenvalue weighted by Crippen LogP contribution is -2.29. The predicted molar refractivity (Wildman–Crippen MR) is 94.7 cm³/mol. The number of rotatable bonds is 2. The highest BCUT2D eigenvalue weighted by Gasteiger charge is 2.35. The molecule has 0 unspecified atom stereocenters. The molecule has 0 radical (unpaired) electrons. The molecule has 0 saturated heterocycles. The van der Waals surface area contributed by atoms with Crippen molar-refractivity contribution in [3.05, 3.63) is 69.0 Å². The SMILES string of the molecule is Cc1cc2c(c(=O)[nH]1)[C@H](c1c(C)nn(-c3ccccn3)c1C)CC(=O)O2. The van der Waals surface area contributed by atoms with Crippen LogP contribution in [0.1, 0.15) is 40.5 Å². The molecule has 3 aromatic rings. The molecular weight excluding hydrogens is 332 g/mol. The van der Waals surface area contributed by atoms with Crippen LogP contribution >= 0.6 is 0 Å². The normalized spacial score (nSPS) is 16.3. The number of carbonyl (C=O) groups is 1. The summed E-state index contributed by atoms with van der Waals surface area (Å²) >= 11 is 0. The second-order valence-corrected chi connectivity index (χ2v) is 6.47. The summed E-state index contributed by atoms with van der Waals surface area (Å²) in [6, 6.07) is 7.28. The minimum absolute atomic E-state index is 0.106. The third-order valence-electron chi connectivity index (χ3n) is 4.67. The van der Waals surface area contributed by atoms with Gasteiger partial charge in [-0.15, -0.1) is 0 Å². The summed E-state index contributed by atoms with van der Waals surface area (Å²) < 4.78 is 7.06. The van der Waals surface area contributed by atoms with Crippen molar-refractivity contribution < 1.29 is 9.53 Å². The Hall–Kier alpha value is -3.22. The average molecular weight is 350 g/mol. The number of H-pyrrole nitrogens is 1. The van der Waals surface area contributed by atoms with Crippen molar-refractivity contribution in [2.45, 2.75) is 33.1 Å². The predicted octanol–water partition coefficient (Wildman–Crippen LogP) is 2.32. The van der Waals surface area contributed by atoms with Gasteiger partial charge in [-0.25, -0.2) is 9.67 Å². The molecule has 1 aliphatic rings. The third kappa shape index (κ3) is 2.52. The van der Waals surface area contributed by atoms with Gasteiger partial charge in [-0.3, -0.25) is 9.59 Å². The van der Waals surface area contributed by atoms with Gasteiger partial charge in [0.05, 0.1) is 17.7 Å². The maximum Gasteiger partial charge on any atom is 0.312 e. The molecule has 7 nitrogen and oxygen atoms in total. The summed E-state index contributed by atoms with van der Waals surface area (Å²) in [5.74, 6) is 0.276. The summed E-state index contributed by atoms with van der Waals surface area (Å²) in [6.07, 6.45) is 1.81. The summed E-state index contributed by atoms with van der Waals surface area (Å²) in [7, 11) is 0. The van der Waals surface area contributed by atoms with Crippen LogP contribution in [-0.4, -0.2) is 25.7 Å². The molecule has 1 aliphatic heterocycles. The molecule has 26 heavy (non-hydrogen) atoms. The molecule has 7 heteroatoms. The summed E-state index contributed by atoms with van der Waals surface area (Å²) in [5.41, 5.74) is 3.37. The van der Waals surface area contributed by atoms with Crippen LogP contribution in [0.3, 0.4) is 0 Å². The van der Waals surface area contributed by atoms with Crippen LogP contribution in [0.2, 0.25) is 0 Å². The molecule has 0 aromatic carbocycles. The van der Waals surface area contributed by atoms with E-state index in [1.54, 1.807) is 23.9 Å². The smallest absolute Gasteiger partial charge is 0.312 e.